The molecule has 0 aliphatic carbocycles. The molecule has 5 nitrogen and oxygen atoms in total. The van der Waals surface area contributed by atoms with Gasteiger partial charge in [0, 0.05) is 30.2 Å². The molecule has 2 N–H and O–H groups in total. The van der Waals surface area contributed by atoms with Gasteiger partial charge in [-0.1, -0.05) is 60.7 Å². The number of hydrogen-bond donors (Lipinski definition) is 2. The largest absolute Gasteiger partial charge is 0.339 e. The number of aromatic amines is 1. The Balaban J connectivity index is 1.39. The predicted molar refractivity (Wildman–Crippen MR) is 132 cm³/mol. The third-order valence-corrected chi connectivity index (χ3v) is 5.56. The third kappa shape index (κ3) is 4.73. The van der Waals surface area contributed by atoms with Crippen LogP contribution in [-0.2, 0) is 13.1 Å². The zero-order chi connectivity index (χ0) is 22.5. The van der Waals surface area contributed by atoms with Crippen molar-refractivity contribution in [2.24, 2.45) is 0 Å². The van der Waals surface area contributed by atoms with Gasteiger partial charge in [0.25, 0.3) is 0 Å². The maximum atomic E-state index is 4.91. The Morgan fingerprint density at radius 1 is 0.727 bits per heavy atom. The summed E-state index contributed by atoms with van der Waals surface area (Å²) in [6.07, 6.45) is 3.58. The number of pyridine rings is 2. The molecule has 33 heavy (non-hydrogen) atoms. The smallest absolute Gasteiger partial charge is 0.121 e. The monoisotopic (exact) mass is 431 g/mol. The first-order valence-corrected chi connectivity index (χ1v) is 11.1. The van der Waals surface area contributed by atoms with E-state index in [1.54, 1.807) is 12.4 Å². The number of aromatic nitrogens is 4. The second-order valence-electron chi connectivity index (χ2n) is 7.93. The van der Waals surface area contributed by atoms with E-state index in [0.717, 1.165) is 40.7 Å². The maximum Gasteiger partial charge on any atom is 0.121 e. The number of imidazole rings is 1. The summed E-state index contributed by atoms with van der Waals surface area (Å²) in [7, 11) is 0. The van der Waals surface area contributed by atoms with Crippen LogP contribution >= 0.6 is 0 Å². The van der Waals surface area contributed by atoms with E-state index < -0.39 is 0 Å². The van der Waals surface area contributed by atoms with Crippen molar-refractivity contribution >= 4 is 0 Å². The fraction of sp³-hybridized carbons (Fsp3) is 0.107. The van der Waals surface area contributed by atoms with Gasteiger partial charge in [0.2, 0.25) is 0 Å². The average Bonchev–Trinajstić information content (AvgIpc) is 3.30. The van der Waals surface area contributed by atoms with Crippen LogP contribution in [0.4, 0.5) is 0 Å². The molecule has 162 valence electrons. The molecule has 0 unspecified atom stereocenters. The van der Waals surface area contributed by atoms with Crippen molar-refractivity contribution in [1.29, 1.82) is 0 Å². The molecule has 0 atom stereocenters. The van der Waals surface area contributed by atoms with Crippen molar-refractivity contribution in [1.82, 2.24) is 25.3 Å². The van der Waals surface area contributed by atoms with Crippen LogP contribution in [0.2, 0.25) is 0 Å². The highest BCUT2D eigenvalue weighted by Crippen LogP contribution is 2.29. The Morgan fingerprint density at radius 2 is 1.52 bits per heavy atom. The quantitative estimate of drug-likeness (QED) is 0.342. The Hall–Kier alpha value is -4.09. The highest BCUT2D eigenvalue weighted by molar-refractivity contribution is 5.76. The minimum atomic E-state index is 0.618. The van der Waals surface area contributed by atoms with E-state index >= 15 is 0 Å². The molecule has 5 heteroatoms. The molecular formula is C28H25N5. The van der Waals surface area contributed by atoms with Crippen LogP contribution < -0.4 is 5.32 Å². The van der Waals surface area contributed by atoms with Gasteiger partial charge in [-0.25, -0.2) is 4.98 Å². The van der Waals surface area contributed by atoms with E-state index in [1.165, 1.54) is 16.7 Å². The average molecular weight is 432 g/mol. The molecule has 0 bridgehead atoms. The lowest BCUT2D eigenvalue weighted by Gasteiger charge is -2.10. The molecule has 0 saturated carbocycles. The summed E-state index contributed by atoms with van der Waals surface area (Å²) in [5.74, 6) is 0.873. The van der Waals surface area contributed by atoms with Crippen LogP contribution in [0.5, 0.6) is 0 Å². The van der Waals surface area contributed by atoms with Gasteiger partial charge in [0.1, 0.15) is 5.82 Å². The second-order valence-corrected chi connectivity index (χ2v) is 7.93. The van der Waals surface area contributed by atoms with Crippen LogP contribution in [0.3, 0.4) is 0 Å². The standard InChI is InChI=1S/C28H25N5/c1-20-8-7-13-25(31-20)28-27(22-14-16-29-17-15-22)32-26(33-28)19-30-18-23-11-5-6-12-24(23)21-9-3-2-4-10-21/h2-17,30H,18-19H2,1H3,(H,32,33). The zero-order valence-corrected chi connectivity index (χ0v) is 18.5. The van der Waals surface area contributed by atoms with Gasteiger partial charge in [0.05, 0.1) is 23.6 Å². The molecule has 0 fully saturated rings. The summed E-state index contributed by atoms with van der Waals surface area (Å²) >= 11 is 0. The second kappa shape index (κ2) is 9.59. The number of H-pyrrole nitrogens is 1. The first-order chi connectivity index (χ1) is 16.3. The molecule has 0 amide bonds. The fourth-order valence-corrected chi connectivity index (χ4v) is 3.98. The van der Waals surface area contributed by atoms with Gasteiger partial charge in [-0.2, -0.15) is 0 Å². The van der Waals surface area contributed by atoms with Gasteiger partial charge in [0.15, 0.2) is 0 Å². The summed E-state index contributed by atoms with van der Waals surface area (Å²) in [6, 6.07) is 29.0. The lowest BCUT2D eigenvalue weighted by atomic mass is 10.00. The minimum absolute atomic E-state index is 0.618. The van der Waals surface area contributed by atoms with Gasteiger partial charge in [-0.3, -0.25) is 9.97 Å². The molecule has 5 rings (SSSR count). The van der Waals surface area contributed by atoms with E-state index in [1.807, 2.05) is 43.3 Å². The Kier molecular flexibility index (Phi) is 6.04. The number of aryl methyl sites for hydroxylation is 1. The Labute approximate surface area is 193 Å². The summed E-state index contributed by atoms with van der Waals surface area (Å²) in [6.45, 7) is 3.36. The maximum absolute atomic E-state index is 4.91. The van der Waals surface area contributed by atoms with E-state index in [4.69, 9.17) is 9.97 Å². The van der Waals surface area contributed by atoms with E-state index in [0.29, 0.717) is 6.54 Å². The molecule has 0 saturated heterocycles. The normalized spacial score (nSPS) is 10.9. The van der Waals surface area contributed by atoms with Crippen LogP contribution in [0.15, 0.2) is 97.3 Å². The van der Waals surface area contributed by atoms with Crippen LogP contribution in [-0.4, -0.2) is 19.9 Å². The first kappa shape index (κ1) is 20.8. The number of benzene rings is 2. The fourth-order valence-electron chi connectivity index (χ4n) is 3.98. The van der Waals surface area contributed by atoms with Crippen molar-refractivity contribution in [3.63, 3.8) is 0 Å². The Morgan fingerprint density at radius 3 is 2.33 bits per heavy atom. The molecular weight excluding hydrogens is 406 g/mol. The number of rotatable bonds is 7. The van der Waals surface area contributed by atoms with Crippen molar-refractivity contribution < 1.29 is 0 Å². The van der Waals surface area contributed by atoms with Crippen molar-refractivity contribution in [3.05, 3.63) is 114 Å². The van der Waals surface area contributed by atoms with E-state index in [2.05, 4.69) is 63.8 Å². The molecule has 3 heterocycles. The van der Waals surface area contributed by atoms with Crippen molar-refractivity contribution in [3.8, 4) is 33.8 Å². The van der Waals surface area contributed by atoms with E-state index in [9.17, 15) is 0 Å². The van der Waals surface area contributed by atoms with Crippen LogP contribution in [0.25, 0.3) is 33.8 Å². The molecule has 0 spiro atoms. The van der Waals surface area contributed by atoms with Gasteiger partial charge in [-0.05, 0) is 47.9 Å². The minimum Gasteiger partial charge on any atom is -0.339 e. The predicted octanol–water partition coefficient (Wildman–Crippen LogP) is 5.80. The molecule has 5 aromatic rings. The summed E-state index contributed by atoms with van der Waals surface area (Å²) in [5, 5.41) is 3.56. The van der Waals surface area contributed by atoms with Crippen LogP contribution in [0.1, 0.15) is 17.1 Å². The van der Waals surface area contributed by atoms with Gasteiger partial charge in [-0.15, -0.1) is 0 Å². The summed E-state index contributed by atoms with van der Waals surface area (Å²) < 4.78 is 0. The molecule has 0 radical (unpaired) electrons. The van der Waals surface area contributed by atoms with Crippen molar-refractivity contribution in [2.75, 3.05) is 0 Å². The highest BCUT2D eigenvalue weighted by atomic mass is 15.0. The van der Waals surface area contributed by atoms with E-state index in [-0.39, 0.29) is 0 Å². The number of hydrogen-bond acceptors (Lipinski definition) is 4. The first-order valence-electron chi connectivity index (χ1n) is 11.1. The number of nitrogens with one attached hydrogen (secondary N) is 2. The Bertz CT molecular complexity index is 1340. The lowest BCUT2D eigenvalue weighted by molar-refractivity contribution is 0.670. The summed E-state index contributed by atoms with van der Waals surface area (Å²) in [4.78, 5) is 17.3. The van der Waals surface area contributed by atoms with Gasteiger partial charge >= 0.3 is 0 Å². The molecule has 2 aromatic carbocycles. The van der Waals surface area contributed by atoms with Gasteiger partial charge < -0.3 is 10.3 Å². The molecule has 0 aliphatic heterocycles. The highest BCUT2D eigenvalue weighted by Gasteiger charge is 2.15. The summed E-state index contributed by atoms with van der Waals surface area (Å²) in [5.41, 5.74) is 8.40. The topological polar surface area (TPSA) is 66.5 Å². The third-order valence-electron chi connectivity index (χ3n) is 5.56. The van der Waals surface area contributed by atoms with Crippen molar-refractivity contribution in [2.45, 2.75) is 20.0 Å². The molecule has 0 aliphatic rings. The number of nitrogens with zero attached hydrogens (tertiary/aromatic N) is 3. The SMILES string of the molecule is Cc1cccc(-c2[nH]c(CNCc3ccccc3-c3ccccc3)nc2-c2ccncc2)n1. The zero-order valence-electron chi connectivity index (χ0n) is 18.5. The lowest BCUT2D eigenvalue weighted by Crippen LogP contribution is -2.14. The molecule has 3 aromatic heterocycles. The van der Waals surface area contributed by atoms with Crippen LogP contribution in [0, 0.1) is 6.92 Å².